The molecule has 0 unspecified atom stereocenters. The van der Waals surface area contributed by atoms with Crippen LogP contribution in [0.3, 0.4) is 0 Å². The second kappa shape index (κ2) is 31.8. The summed E-state index contributed by atoms with van der Waals surface area (Å²) in [7, 11) is 0. The van der Waals surface area contributed by atoms with Gasteiger partial charge in [-0.25, -0.2) is 44.9 Å². The number of nitrogens with zero attached hydrogens (tertiary/aromatic N) is 9. The zero-order valence-corrected chi connectivity index (χ0v) is 76.4. The van der Waals surface area contributed by atoms with Crippen molar-refractivity contribution in [1.29, 1.82) is 0 Å². The lowest BCUT2D eigenvalue weighted by Gasteiger charge is -2.22. The zero-order valence-electron chi connectivity index (χ0n) is 76.4. The molecule has 0 saturated carbocycles. The zero-order chi connectivity index (χ0) is 92.2. The van der Waals surface area contributed by atoms with E-state index in [-0.39, 0.29) is 16.2 Å². The average molecular weight is 1770 g/mol. The van der Waals surface area contributed by atoms with Crippen LogP contribution in [0.1, 0.15) is 74.9 Å². The highest BCUT2D eigenvalue weighted by atomic mass is 16.3. The van der Waals surface area contributed by atoms with Crippen LogP contribution in [-0.2, 0) is 16.2 Å². The number of aromatic nitrogens is 9. The smallest absolute Gasteiger partial charge is 0.164 e. The van der Waals surface area contributed by atoms with Crippen molar-refractivity contribution in [2.45, 2.75) is 57.8 Å². The highest BCUT2D eigenvalue weighted by molar-refractivity contribution is 6.19. The Morgan fingerprint density at radius 2 is 0.435 bits per heavy atom. The van der Waals surface area contributed by atoms with Crippen molar-refractivity contribution >= 4 is 98.1 Å². The fraction of sp³-hybridized carbons (Fsp3) is 0.0714. The molecule has 12 nitrogen and oxygen atoms in total. The Bertz CT molecular complexity index is 9300. The average Bonchev–Trinajstić information content (AvgIpc) is 1.55. The van der Waals surface area contributed by atoms with Crippen LogP contribution in [0.15, 0.2) is 420 Å². The molecule has 0 fully saturated rings. The lowest BCUT2D eigenvalue weighted by molar-refractivity contribution is 0.656. The monoisotopic (exact) mass is 1770 g/mol. The first-order chi connectivity index (χ1) is 67.6. The van der Waals surface area contributed by atoms with Crippen molar-refractivity contribution in [3.8, 4) is 147 Å². The number of hydrogen-bond acceptors (Lipinski definition) is 12. The lowest BCUT2D eigenvalue weighted by Crippen LogP contribution is -2.15. The predicted molar refractivity (Wildman–Crippen MR) is 561 cm³/mol. The molecule has 3 aliphatic rings. The maximum absolute atomic E-state index is 6.29. The molecule has 12 heteroatoms. The van der Waals surface area contributed by atoms with Crippen LogP contribution in [-0.4, -0.2) is 44.9 Å². The molecular weight excluding hydrogens is 1690 g/mol. The van der Waals surface area contributed by atoms with Gasteiger partial charge in [0.15, 0.2) is 52.4 Å². The molecule has 0 aliphatic heterocycles. The third-order valence-corrected chi connectivity index (χ3v) is 28.6. The summed E-state index contributed by atoms with van der Waals surface area (Å²) in [6, 6.07) is 141. The number of hydrogen-bond donors (Lipinski definition) is 0. The minimum absolute atomic E-state index is 0.207. The van der Waals surface area contributed by atoms with E-state index in [4.69, 9.17) is 58.1 Å². The number of rotatable bonds is 10. The number of para-hydroxylation sites is 3. The van der Waals surface area contributed by atoms with Gasteiger partial charge in [-0.1, -0.05) is 387 Å². The SMILES string of the molecule is CC1(C)c2cc(-c3nc(-c4ccccc4)nc(-c4cc5ccccc5c5ccccc45)n3)ccc2-c2c1ccc1oc3ccccc3c21.CC1(C)c2cc(-c3nc(-c4ccccc4)nc(-c4ccc(-c5ccccc5)cc4)n3)ccc2-c2c1ccc1oc3ccccc3c21.CC1(C)c2cc(-c3nc(-c4ccccc4)nc(-c4cccc5ccccc45)n3)ccc2-c2c1ccc1oc3ccccc3c21. The molecule has 3 aliphatic carbocycles. The highest BCUT2D eigenvalue weighted by Crippen LogP contribution is 2.58. The third-order valence-electron chi connectivity index (χ3n) is 28.6. The van der Waals surface area contributed by atoms with E-state index >= 15 is 0 Å². The normalized spacial score (nSPS) is 13.3. The van der Waals surface area contributed by atoms with E-state index in [0.29, 0.717) is 52.4 Å². The molecule has 25 aromatic rings. The van der Waals surface area contributed by atoms with Gasteiger partial charge in [0.05, 0.1) is 0 Å². The Morgan fingerprint density at radius 1 is 0.159 bits per heavy atom. The van der Waals surface area contributed by atoms with E-state index in [1.807, 2.05) is 109 Å². The van der Waals surface area contributed by atoms with Gasteiger partial charge in [0.2, 0.25) is 0 Å². The standard InChI is InChI=1S/C44H29N3O.C42H29N3O.C40H27N3O/c1-44(2)35-22-23-38-40(33-18-10-11-19-37(33)48-38)39(35)32-21-20-28(25-36(32)44)42-45-41(26-12-4-3-5-13-26)46-43(47-42)34-24-27-14-6-7-15-29(27)30-16-8-9-17-31(30)34;1-42(2)33-23-24-36-38(32-15-9-10-16-35(32)46-36)37(33)31-22-21-30(25-34(31)42)41-44-39(28-13-7-4-8-14-28)43-40(45-41)29-19-17-27(18-20-29)26-11-5-3-6-12-26;1-40(2)31-21-22-34-36(30-16-8-9-18-33(30)44-34)35(31)29-20-19-26(23-32(29)40)38-41-37(25-12-4-3-5-13-25)42-39(43-38)28-17-10-14-24-11-6-7-15-27(24)28/h3-25H,1-2H3;3-25H,1-2H3;3-23H,1-2H3. The van der Waals surface area contributed by atoms with Gasteiger partial charge in [-0.05, 0) is 171 Å². The first-order valence-electron chi connectivity index (χ1n) is 46.9. The predicted octanol–water partition coefficient (Wildman–Crippen LogP) is 32.4. The molecule has 138 heavy (non-hydrogen) atoms. The second-order valence-electron chi connectivity index (χ2n) is 37.7. The Hall–Kier alpha value is -17.6. The summed E-state index contributed by atoms with van der Waals surface area (Å²) in [5.74, 6) is 5.93. The van der Waals surface area contributed by atoms with Crippen LogP contribution in [0, 0.1) is 0 Å². The molecule has 28 rings (SSSR count). The summed E-state index contributed by atoms with van der Waals surface area (Å²) in [5.41, 5.74) is 31.1. The minimum atomic E-state index is -0.222. The number of benzene rings is 19. The van der Waals surface area contributed by atoms with Crippen molar-refractivity contribution in [3.63, 3.8) is 0 Å². The van der Waals surface area contributed by atoms with Crippen LogP contribution < -0.4 is 0 Å². The molecule has 0 bridgehead atoms. The summed E-state index contributed by atoms with van der Waals surface area (Å²) in [4.78, 5) is 45.7. The topological polar surface area (TPSA) is 155 Å². The molecule has 6 aromatic heterocycles. The van der Waals surface area contributed by atoms with Crippen molar-refractivity contribution in [3.05, 3.63) is 440 Å². The summed E-state index contributed by atoms with van der Waals surface area (Å²) in [5, 5.41) is 13.9. The van der Waals surface area contributed by atoms with Crippen molar-refractivity contribution < 1.29 is 13.3 Å². The van der Waals surface area contributed by atoms with Crippen LogP contribution in [0.4, 0.5) is 0 Å². The van der Waals surface area contributed by atoms with E-state index in [9.17, 15) is 0 Å². The molecule has 19 aromatic carbocycles. The first kappa shape index (κ1) is 81.2. The van der Waals surface area contributed by atoms with E-state index in [1.54, 1.807) is 0 Å². The number of fused-ring (bicyclic) bond motifs is 25. The van der Waals surface area contributed by atoms with E-state index in [2.05, 4.69) is 339 Å². The first-order valence-corrected chi connectivity index (χ1v) is 46.9. The third kappa shape index (κ3) is 13.3. The van der Waals surface area contributed by atoms with Gasteiger partial charge in [-0.3, -0.25) is 0 Å². The fourth-order valence-electron chi connectivity index (χ4n) is 21.7. The van der Waals surface area contributed by atoms with Gasteiger partial charge in [0.1, 0.15) is 33.5 Å². The second-order valence-corrected chi connectivity index (χ2v) is 37.7. The van der Waals surface area contributed by atoms with E-state index < -0.39 is 0 Å². The molecule has 652 valence electrons. The van der Waals surface area contributed by atoms with Crippen LogP contribution >= 0.6 is 0 Å². The van der Waals surface area contributed by atoms with Gasteiger partial charge < -0.3 is 13.3 Å². The van der Waals surface area contributed by atoms with Gasteiger partial charge in [0.25, 0.3) is 0 Å². The van der Waals surface area contributed by atoms with Gasteiger partial charge in [-0.2, -0.15) is 0 Å². The van der Waals surface area contributed by atoms with Crippen LogP contribution in [0.5, 0.6) is 0 Å². The summed E-state index contributed by atoms with van der Waals surface area (Å²) < 4.78 is 18.8. The van der Waals surface area contributed by atoms with Gasteiger partial charge in [-0.15, -0.1) is 0 Å². The molecular formula is C126H85N9O3. The van der Waals surface area contributed by atoms with Crippen LogP contribution in [0.2, 0.25) is 0 Å². The summed E-state index contributed by atoms with van der Waals surface area (Å²) in [6.07, 6.45) is 0. The quantitative estimate of drug-likeness (QED) is 0.120. The van der Waals surface area contributed by atoms with E-state index in [1.165, 1.54) is 99.3 Å². The summed E-state index contributed by atoms with van der Waals surface area (Å²) in [6.45, 7) is 13.8. The van der Waals surface area contributed by atoms with E-state index in [0.717, 1.165) is 127 Å². The van der Waals surface area contributed by atoms with Crippen molar-refractivity contribution in [1.82, 2.24) is 44.9 Å². The summed E-state index contributed by atoms with van der Waals surface area (Å²) >= 11 is 0. The lowest BCUT2D eigenvalue weighted by atomic mass is 9.81. The Labute approximate surface area is 795 Å². The van der Waals surface area contributed by atoms with Gasteiger partial charge in [0, 0.05) is 98.6 Å². The molecule has 0 spiro atoms. The Morgan fingerprint density at radius 3 is 0.833 bits per heavy atom. The molecule has 0 N–H and O–H groups in total. The molecule has 0 radical (unpaired) electrons. The minimum Gasteiger partial charge on any atom is -0.456 e. The highest BCUT2D eigenvalue weighted by Gasteiger charge is 2.42. The maximum atomic E-state index is 6.29. The fourth-order valence-corrected chi connectivity index (χ4v) is 21.7. The molecule has 0 amide bonds. The van der Waals surface area contributed by atoms with Crippen LogP contribution in [0.25, 0.3) is 245 Å². The van der Waals surface area contributed by atoms with Crippen molar-refractivity contribution in [2.24, 2.45) is 0 Å². The van der Waals surface area contributed by atoms with Crippen molar-refractivity contribution in [2.75, 3.05) is 0 Å². The molecule has 0 saturated heterocycles. The Kier molecular flexibility index (Phi) is 18.7. The Balaban J connectivity index is 0.000000107. The molecule has 0 atom stereocenters. The van der Waals surface area contributed by atoms with Gasteiger partial charge >= 0.3 is 0 Å². The molecule has 6 heterocycles. The largest absolute Gasteiger partial charge is 0.456 e. The number of furan rings is 3. The maximum Gasteiger partial charge on any atom is 0.164 e.